The van der Waals surface area contributed by atoms with E-state index >= 15 is 0 Å². The van der Waals surface area contributed by atoms with E-state index in [1.54, 1.807) is 0 Å². The van der Waals surface area contributed by atoms with E-state index in [9.17, 15) is 0 Å². The average Bonchev–Trinajstić information content (AvgIpc) is 2.36. The van der Waals surface area contributed by atoms with E-state index < -0.39 is 0 Å². The van der Waals surface area contributed by atoms with Crippen LogP contribution in [-0.4, -0.2) is 0 Å². The Morgan fingerprint density at radius 2 is 1.78 bits per heavy atom. The van der Waals surface area contributed by atoms with Crippen molar-refractivity contribution < 1.29 is 4.74 Å². The topological polar surface area (TPSA) is 33.0 Å². The Morgan fingerprint density at radius 1 is 1.11 bits per heavy atom. The molecule has 18 heavy (non-hydrogen) atoms. The SMILES string of the molecule is Cc1ccc(Oc2cc(Br)c(C#N)cc2C)cc1. The molecule has 0 radical (unpaired) electrons. The normalized spacial score (nSPS) is 9.89. The zero-order valence-electron chi connectivity index (χ0n) is 10.2. The first kappa shape index (κ1) is 12.7. The minimum Gasteiger partial charge on any atom is -0.457 e. The molecule has 2 nitrogen and oxygen atoms in total. The van der Waals surface area contributed by atoms with Crippen molar-refractivity contribution in [3.8, 4) is 17.6 Å². The summed E-state index contributed by atoms with van der Waals surface area (Å²) in [6.07, 6.45) is 0. The largest absolute Gasteiger partial charge is 0.457 e. The minimum absolute atomic E-state index is 0.615. The average molecular weight is 302 g/mol. The second kappa shape index (κ2) is 5.24. The van der Waals surface area contributed by atoms with Gasteiger partial charge in [0, 0.05) is 4.47 Å². The van der Waals surface area contributed by atoms with Crippen molar-refractivity contribution in [3.63, 3.8) is 0 Å². The number of rotatable bonds is 2. The van der Waals surface area contributed by atoms with Crippen LogP contribution in [0, 0.1) is 25.2 Å². The van der Waals surface area contributed by atoms with Gasteiger partial charge in [-0.05, 0) is 59.6 Å². The summed E-state index contributed by atoms with van der Waals surface area (Å²) in [4.78, 5) is 0. The van der Waals surface area contributed by atoms with Gasteiger partial charge in [0.15, 0.2) is 0 Å². The first-order valence-corrected chi connectivity index (χ1v) is 6.34. The van der Waals surface area contributed by atoms with E-state index in [-0.39, 0.29) is 0 Å². The second-order valence-electron chi connectivity index (χ2n) is 4.12. The van der Waals surface area contributed by atoms with Crippen LogP contribution in [0.4, 0.5) is 0 Å². The van der Waals surface area contributed by atoms with Crippen LogP contribution in [0.2, 0.25) is 0 Å². The van der Waals surface area contributed by atoms with Crippen molar-refractivity contribution >= 4 is 15.9 Å². The highest BCUT2D eigenvalue weighted by Gasteiger charge is 2.07. The van der Waals surface area contributed by atoms with Crippen LogP contribution < -0.4 is 4.74 Å². The fourth-order valence-corrected chi connectivity index (χ4v) is 2.00. The Morgan fingerprint density at radius 3 is 2.39 bits per heavy atom. The van der Waals surface area contributed by atoms with Crippen LogP contribution in [0.3, 0.4) is 0 Å². The van der Waals surface area contributed by atoms with Crippen LogP contribution in [0.15, 0.2) is 40.9 Å². The number of nitrogens with zero attached hydrogens (tertiary/aromatic N) is 1. The Bertz CT molecular complexity index is 612. The predicted molar refractivity (Wildman–Crippen MR) is 74.8 cm³/mol. The molecule has 0 bridgehead atoms. The summed E-state index contributed by atoms with van der Waals surface area (Å²) in [7, 11) is 0. The molecule has 0 saturated heterocycles. The fourth-order valence-electron chi connectivity index (χ4n) is 1.59. The number of nitriles is 1. The zero-order valence-corrected chi connectivity index (χ0v) is 11.8. The van der Waals surface area contributed by atoms with E-state index in [1.807, 2.05) is 50.2 Å². The van der Waals surface area contributed by atoms with Crippen molar-refractivity contribution in [3.05, 3.63) is 57.6 Å². The summed E-state index contributed by atoms with van der Waals surface area (Å²) in [6.45, 7) is 3.96. The number of halogens is 1. The predicted octanol–water partition coefficient (Wildman–Crippen LogP) is 4.73. The highest BCUT2D eigenvalue weighted by atomic mass is 79.9. The van der Waals surface area contributed by atoms with Crippen LogP contribution in [0.1, 0.15) is 16.7 Å². The maximum Gasteiger partial charge on any atom is 0.131 e. The van der Waals surface area contributed by atoms with Crippen LogP contribution >= 0.6 is 15.9 Å². The number of hydrogen-bond donors (Lipinski definition) is 0. The lowest BCUT2D eigenvalue weighted by atomic mass is 10.1. The molecule has 0 amide bonds. The van der Waals surface area contributed by atoms with Gasteiger partial charge in [0.25, 0.3) is 0 Å². The molecule has 0 aliphatic heterocycles. The zero-order chi connectivity index (χ0) is 13.1. The summed E-state index contributed by atoms with van der Waals surface area (Å²) in [5, 5.41) is 8.93. The van der Waals surface area contributed by atoms with Crippen molar-refractivity contribution in [2.24, 2.45) is 0 Å². The third-order valence-corrected chi connectivity index (χ3v) is 3.29. The van der Waals surface area contributed by atoms with Gasteiger partial charge in [-0.25, -0.2) is 0 Å². The Labute approximate surface area is 115 Å². The molecule has 0 atom stereocenters. The Kier molecular flexibility index (Phi) is 3.69. The van der Waals surface area contributed by atoms with Gasteiger partial charge in [-0.1, -0.05) is 17.7 Å². The van der Waals surface area contributed by atoms with Gasteiger partial charge in [0.05, 0.1) is 5.56 Å². The van der Waals surface area contributed by atoms with E-state index in [2.05, 4.69) is 22.0 Å². The molecule has 0 saturated carbocycles. The molecule has 2 aromatic carbocycles. The van der Waals surface area contributed by atoms with E-state index in [1.165, 1.54) is 5.56 Å². The molecule has 0 aromatic heterocycles. The maximum absolute atomic E-state index is 8.93. The first-order chi connectivity index (χ1) is 8.60. The third kappa shape index (κ3) is 2.72. The Hall–Kier alpha value is -1.79. The van der Waals surface area contributed by atoms with E-state index in [4.69, 9.17) is 10.00 Å². The summed E-state index contributed by atoms with van der Waals surface area (Å²) < 4.78 is 6.55. The standard InChI is InChI=1S/C15H12BrNO/c1-10-3-5-13(6-4-10)18-15-8-14(16)12(9-17)7-11(15)2/h3-8H,1-2H3. The summed E-state index contributed by atoms with van der Waals surface area (Å²) in [5.41, 5.74) is 2.75. The van der Waals surface area contributed by atoms with E-state index in [0.717, 1.165) is 21.5 Å². The monoisotopic (exact) mass is 301 g/mol. The van der Waals surface area contributed by atoms with Crippen LogP contribution in [0.25, 0.3) is 0 Å². The minimum atomic E-state index is 0.615. The second-order valence-corrected chi connectivity index (χ2v) is 4.98. The van der Waals surface area contributed by atoms with Gasteiger partial charge >= 0.3 is 0 Å². The Balaban J connectivity index is 2.32. The lowest BCUT2D eigenvalue weighted by Crippen LogP contribution is -1.90. The van der Waals surface area contributed by atoms with Crippen molar-refractivity contribution in [2.45, 2.75) is 13.8 Å². The number of benzene rings is 2. The highest BCUT2D eigenvalue weighted by molar-refractivity contribution is 9.10. The molecule has 0 aliphatic rings. The van der Waals surface area contributed by atoms with E-state index in [0.29, 0.717) is 5.56 Å². The number of aryl methyl sites for hydroxylation is 2. The van der Waals surface area contributed by atoms with Gasteiger partial charge in [-0.2, -0.15) is 5.26 Å². The molecule has 0 unspecified atom stereocenters. The first-order valence-electron chi connectivity index (χ1n) is 5.55. The molecule has 0 aliphatic carbocycles. The molecule has 0 heterocycles. The molecule has 3 heteroatoms. The molecular weight excluding hydrogens is 290 g/mol. The molecular formula is C15H12BrNO. The maximum atomic E-state index is 8.93. The molecule has 90 valence electrons. The molecule has 0 fully saturated rings. The van der Waals surface area contributed by atoms with Crippen molar-refractivity contribution in [1.29, 1.82) is 5.26 Å². The van der Waals surface area contributed by atoms with Crippen LogP contribution in [-0.2, 0) is 0 Å². The van der Waals surface area contributed by atoms with Crippen molar-refractivity contribution in [1.82, 2.24) is 0 Å². The third-order valence-electron chi connectivity index (χ3n) is 2.63. The van der Waals surface area contributed by atoms with Gasteiger partial charge in [0.1, 0.15) is 17.6 Å². The van der Waals surface area contributed by atoms with Gasteiger partial charge in [0.2, 0.25) is 0 Å². The van der Waals surface area contributed by atoms with Gasteiger partial charge < -0.3 is 4.74 Å². The fraction of sp³-hybridized carbons (Fsp3) is 0.133. The van der Waals surface area contributed by atoms with Gasteiger partial charge in [-0.3, -0.25) is 0 Å². The van der Waals surface area contributed by atoms with Gasteiger partial charge in [-0.15, -0.1) is 0 Å². The molecule has 2 aromatic rings. The highest BCUT2D eigenvalue weighted by Crippen LogP contribution is 2.30. The summed E-state index contributed by atoms with van der Waals surface area (Å²) in [5.74, 6) is 1.55. The van der Waals surface area contributed by atoms with Crippen molar-refractivity contribution in [2.75, 3.05) is 0 Å². The quantitative estimate of drug-likeness (QED) is 0.803. The van der Waals surface area contributed by atoms with Crippen LogP contribution in [0.5, 0.6) is 11.5 Å². The molecule has 0 N–H and O–H groups in total. The number of hydrogen-bond acceptors (Lipinski definition) is 2. The summed E-state index contributed by atoms with van der Waals surface area (Å²) >= 11 is 3.36. The molecule has 2 rings (SSSR count). The smallest absolute Gasteiger partial charge is 0.131 e. The molecule has 0 spiro atoms. The number of ether oxygens (including phenoxy) is 1. The lowest BCUT2D eigenvalue weighted by Gasteiger charge is -2.10. The summed E-state index contributed by atoms with van der Waals surface area (Å²) in [6, 6.07) is 13.6. The lowest BCUT2D eigenvalue weighted by molar-refractivity contribution is 0.478.